The molecule has 90 valence electrons. The molecule has 1 heterocycles. The number of para-hydroxylation sites is 2. The minimum absolute atomic E-state index is 0.512. The molecule has 0 fully saturated rings. The van der Waals surface area contributed by atoms with Crippen molar-refractivity contribution in [3.05, 3.63) is 24.3 Å². The number of nitrogens with zero attached hydrogens (tertiary/aromatic N) is 2. The summed E-state index contributed by atoms with van der Waals surface area (Å²) in [5.74, 6) is -0.278. The Balaban J connectivity index is 2.36. The lowest BCUT2D eigenvalue weighted by Gasteiger charge is -2.12. The van der Waals surface area contributed by atoms with Gasteiger partial charge in [-0.2, -0.15) is 0 Å². The van der Waals surface area contributed by atoms with Gasteiger partial charge < -0.3 is 15.0 Å². The first-order valence-electron chi connectivity index (χ1n) is 5.54. The van der Waals surface area contributed by atoms with Crippen molar-refractivity contribution < 1.29 is 9.90 Å². The second-order valence-electron chi connectivity index (χ2n) is 3.93. The van der Waals surface area contributed by atoms with Gasteiger partial charge >= 0.3 is 5.97 Å². The molecule has 2 aromatic rings. The lowest BCUT2D eigenvalue weighted by molar-refractivity contribution is -0.138. The molecule has 1 atom stereocenters. The van der Waals surface area contributed by atoms with E-state index in [0.29, 0.717) is 12.4 Å². The van der Waals surface area contributed by atoms with E-state index in [-0.39, 0.29) is 0 Å². The van der Waals surface area contributed by atoms with Crippen LogP contribution in [-0.4, -0.2) is 26.7 Å². The van der Waals surface area contributed by atoms with Gasteiger partial charge in [-0.25, -0.2) is 9.78 Å². The number of carbonyl (C=O) groups is 1. The van der Waals surface area contributed by atoms with Crippen LogP contribution in [0.1, 0.15) is 13.3 Å². The highest BCUT2D eigenvalue weighted by atomic mass is 16.4. The third kappa shape index (κ3) is 2.08. The molecule has 0 amide bonds. The highest BCUT2D eigenvalue weighted by molar-refractivity contribution is 5.81. The maximum atomic E-state index is 11.0. The number of carboxylic acids is 1. The van der Waals surface area contributed by atoms with E-state index in [4.69, 9.17) is 5.11 Å². The Kier molecular flexibility index (Phi) is 2.99. The van der Waals surface area contributed by atoms with Crippen LogP contribution in [0, 0.1) is 0 Å². The maximum absolute atomic E-state index is 11.0. The van der Waals surface area contributed by atoms with Gasteiger partial charge in [-0.3, -0.25) is 0 Å². The largest absolute Gasteiger partial charge is 0.480 e. The fourth-order valence-corrected chi connectivity index (χ4v) is 1.77. The molecule has 2 N–H and O–H groups in total. The molecule has 0 aliphatic rings. The maximum Gasteiger partial charge on any atom is 0.326 e. The Bertz CT molecular complexity index is 548. The molecule has 0 aliphatic heterocycles. The van der Waals surface area contributed by atoms with Gasteiger partial charge in [0, 0.05) is 7.05 Å². The summed E-state index contributed by atoms with van der Waals surface area (Å²) in [6, 6.07) is 7.10. The van der Waals surface area contributed by atoms with Gasteiger partial charge in [0.15, 0.2) is 0 Å². The zero-order valence-corrected chi connectivity index (χ0v) is 9.84. The predicted octanol–water partition coefficient (Wildman–Crippen LogP) is 1.85. The van der Waals surface area contributed by atoms with Crippen molar-refractivity contribution in [2.24, 2.45) is 7.05 Å². The van der Waals surface area contributed by atoms with Gasteiger partial charge in [0.25, 0.3) is 0 Å². The first-order valence-corrected chi connectivity index (χ1v) is 5.54. The Morgan fingerprint density at radius 1 is 1.53 bits per heavy atom. The minimum Gasteiger partial charge on any atom is -0.480 e. The summed E-state index contributed by atoms with van der Waals surface area (Å²) in [7, 11) is 1.87. The number of aliphatic carboxylic acids is 1. The molecule has 0 saturated carbocycles. The Morgan fingerprint density at radius 3 is 2.82 bits per heavy atom. The number of aryl methyl sites for hydroxylation is 1. The van der Waals surface area contributed by atoms with E-state index in [9.17, 15) is 4.79 Å². The molecule has 0 saturated heterocycles. The Morgan fingerprint density at radius 2 is 2.24 bits per heavy atom. The molecule has 5 nitrogen and oxygen atoms in total. The molecule has 1 unspecified atom stereocenters. The average molecular weight is 233 g/mol. The highest BCUT2D eigenvalue weighted by Gasteiger charge is 2.17. The van der Waals surface area contributed by atoms with Crippen LogP contribution in [0.4, 0.5) is 5.95 Å². The standard InChI is InChI=1S/C12H15N3O2/c1-3-8(11(16)17)13-12-14-9-6-4-5-7-10(9)15(12)2/h4-8H,3H2,1-2H3,(H,13,14)(H,16,17). The molecule has 0 aliphatic carbocycles. The van der Waals surface area contributed by atoms with Crippen molar-refractivity contribution in [1.29, 1.82) is 0 Å². The fraction of sp³-hybridized carbons (Fsp3) is 0.333. The molecular weight excluding hydrogens is 218 g/mol. The van der Waals surface area contributed by atoms with E-state index in [1.165, 1.54) is 0 Å². The number of anilines is 1. The normalized spacial score (nSPS) is 12.6. The van der Waals surface area contributed by atoms with Gasteiger partial charge in [-0.05, 0) is 18.6 Å². The summed E-state index contributed by atoms with van der Waals surface area (Å²) in [5, 5.41) is 11.9. The molecule has 17 heavy (non-hydrogen) atoms. The molecule has 5 heteroatoms. The molecule has 0 radical (unpaired) electrons. The zero-order chi connectivity index (χ0) is 12.4. The number of nitrogens with one attached hydrogen (secondary N) is 1. The van der Waals surface area contributed by atoms with Crippen molar-refractivity contribution in [2.75, 3.05) is 5.32 Å². The Labute approximate surface area is 99.1 Å². The molecule has 1 aromatic carbocycles. The van der Waals surface area contributed by atoms with Crippen molar-refractivity contribution >= 4 is 23.0 Å². The summed E-state index contributed by atoms with van der Waals surface area (Å²) >= 11 is 0. The van der Waals surface area contributed by atoms with E-state index >= 15 is 0 Å². The first-order chi connectivity index (χ1) is 8.13. The monoisotopic (exact) mass is 233 g/mol. The molecule has 1 aromatic heterocycles. The summed E-state index contributed by atoms with van der Waals surface area (Å²) in [5.41, 5.74) is 1.84. The number of carboxylic acid groups (broad SMARTS) is 1. The van der Waals surface area contributed by atoms with Crippen LogP contribution < -0.4 is 5.32 Å². The van der Waals surface area contributed by atoms with Gasteiger partial charge in [-0.15, -0.1) is 0 Å². The lowest BCUT2D eigenvalue weighted by Crippen LogP contribution is -2.29. The van der Waals surface area contributed by atoms with Gasteiger partial charge in [0.05, 0.1) is 11.0 Å². The van der Waals surface area contributed by atoms with E-state index in [2.05, 4.69) is 10.3 Å². The van der Waals surface area contributed by atoms with E-state index in [1.807, 2.05) is 42.8 Å². The van der Waals surface area contributed by atoms with Crippen LogP contribution >= 0.6 is 0 Å². The number of hydrogen-bond donors (Lipinski definition) is 2. The second kappa shape index (κ2) is 4.45. The van der Waals surface area contributed by atoms with E-state index in [1.54, 1.807) is 0 Å². The summed E-state index contributed by atoms with van der Waals surface area (Å²) < 4.78 is 1.86. The van der Waals surface area contributed by atoms with Gasteiger partial charge in [0.2, 0.25) is 5.95 Å². The zero-order valence-electron chi connectivity index (χ0n) is 9.84. The molecule has 0 spiro atoms. The van der Waals surface area contributed by atoms with Gasteiger partial charge in [0.1, 0.15) is 6.04 Å². The number of benzene rings is 1. The minimum atomic E-state index is -0.862. The molecule has 2 rings (SSSR count). The van der Waals surface area contributed by atoms with E-state index in [0.717, 1.165) is 11.0 Å². The topological polar surface area (TPSA) is 67.2 Å². The fourth-order valence-electron chi connectivity index (χ4n) is 1.77. The summed E-state index contributed by atoms with van der Waals surface area (Å²) in [4.78, 5) is 15.3. The third-order valence-corrected chi connectivity index (χ3v) is 2.80. The Hall–Kier alpha value is -2.04. The number of rotatable bonds is 4. The summed E-state index contributed by atoms with van der Waals surface area (Å²) in [6.07, 6.45) is 0.512. The summed E-state index contributed by atoms with van der Waals surface area (Å²) in [6.45, 7) is 1.83. The van der Waals surface area contributed by atoms with Crippen LogP contribution in [0.5, 0.6) is 0 Å². The van der Waals surface area contributed by atoms with Gasteiger partial charge in [-0.1, -0.05) is 19.1 Å². The van der Waals surface area contributed by atoms with Crippen LogP contribution in [0.3, 0.4) is 0 Å². The van der Waals surface area contributed by atoms with Crippen molar-refractivity contribution in [2.45, 2.75) is 19.4 Å². The number of hydrogen-bond acceptors (Lipinski definition) is 3. The van der Waals surface area contributed by atoms with Crippen LogP contribution in [0.2, 0.25) is 0 Å². The number of fused-ring (bicyclic) bond motifs is 1. The van der Waals surface area contributed by atoms with E-state index < -0.39 is 12.0 Å². The molecular formula is C12H15N3O2. The first kappa shape index (κ1) is 11.4. The van der Waals surface area contributed by atoms with Crippen LogP contribution in [-0.2, 0) is 11.8 Å². The van der Waals surface area contributed by atoms with Crippen LogP contribution in [0.25, 0.3) is 11.0 Å². The van der Waals surface area contributed by atoms with Crippen molar-refractivity contribution in [3.63, 3.8) is 0 Å². The number of imidazole rings is 1. The highest BCUT2D eigenvalue weighted by Crippen LogP contribution is 2.18. The van der Waals surface area contributed by atoms with Crippen LogP contribution in [0.15, 0.2) is 24.3 Å². The second-order valence-corrected chi connectivity index (χ2v) is 3.93. The molecule has 0 bridgehead atoms. The predicted molar refractivity (Wildman–Crippen MR) is 66.1 cm³/mol. The SMILES string of the molecule is CCC(Nc1nc2ccccc2n1C)C(=O)O. The van der Waals surface area contributed by atoms with Crippen molar-refractivity contribution in [3.8, 4) is 0 Å². The smallest absolute Gasteiger partial charge is 0.326 e. The number of aromatic nitrogens is 2. The van der Waals surface area contributed by atoms with Crippen molar-refractivity contribution in [1.82, 2.24) is 9.55 Å². The quantitative estimate of drug-likeness (QED) is 0.845. The lowest BCUT2D eigenvalue weighted by atomic mass is 10.2. The average Bonchev–Trinajstić information content (AvgIpc) is 2.63. The third-order valence-electron chi connectivity index (χ3n) is 2.80.